The van der Waals surface area contributed by atoms with Crippen molar-refractivity contribution in [3.05, 3.63) is 101 Å². The Bertz CT molecular complexity index is 1250. The molecule has 31 heavy (non-hydrogen) atoms. The van der Waals surface area contributed by atoms with Crippen LogP contribution >= 0.6 is 0 Å². The van der Waals surface area contributed by atoms with Gasteiger partial charge in [-0.3, -0.25) is 9.36 Å². The number of para-hydroxylation sites is 1. The van der Waals surface area contributed by atoms with Crippen molar-refractivity contribution in [3.63, 3.8) is 0 Å². The second-order valence-corrected chi connectivity index (χ2v) is 6.76. The third-order valence-electron chi connectivity index (χ3n) is 4.82. The van der Waals surface area contributed by atoms with Gasteiger partial charge in [-0.2, -0.15) is 0 Å². The van der Waals surface area contributed by atoms with Gasteiger partial charge in [0.05, 0.1) is 12.7 Å². The first kappa shape index (κ1) is 20.2. The number of pyridine rings is 1. The van der Waals surface area contributed by atoms with Gasteiger partial charge < -0.3 is 14.2 Å². The molecule has 0 aliphatic carbocycles. The maximum absolute atomic E-state index is 13.0. The summed E-state index contributed by atoms with van der Waals surface area (Å²) >= 11 is 0. The van der Waals surface area contributed by atoms with Crippen LogP contribution in [0.2, 0.25) is 0 Å². The Hall–Kier alpha value is -4.06. The fraction of sp³-hybridized carbons (Fsp3) is 0.120. The molecule has 0 radical (unpaired) electrons. The first-order valence-electron chi connectivity index (χ1n) is 9.81. The van der Waals surface area contributed by atoms with Gasteiger partial charge in [0.25, 0.3) is 5.56 Å². The number of hydrogen-bond donors (Lipinski definition) is 0. The lowest BCUT2D eigenvalue weighted by Gasteiger charge is -2.13. The van der Waals surface area contributed by atoms with Crippen LogP contribution in [0.4, 0.5) is 0 Å². The van der Waals surface area contributed by atoms with Crippen LogP contribution in [0.3, 0.4) is 0 Å². The molecule has 6 heteroatoms. The normalized spacial score (nSPS) is 10.6. The Morgan fingerprint density at radius 2 is 1.48 bits per heavy atom. The third-order valence-corrected chi connectivity index (χ3v) is 4.82. The SMILES string of the molecule is COc1ccc(-n2cc(C(=O)OCCOc3ccccc3)c3ccccc3c2=O)cc1. The average Bonchev–Trinajstić information content (AvgIpc) is 2.83. The first-order chi connectivity index (χ1) is 15.2. The fourth-order valence-corrected chi connectivity index (χ4v) is 3.28. The van der Waals surface area contributed by atoms with Crippen LogP contribution in [-0.4, -0.2) is 30.9 Å². The number of hydrogen-bond acceptors (Lipinski definition) is 5. The number of ether oxygens (including phenoxy) is 3. The van der Waals surface area contributed by atoms with E-state index in [1.165, 1.54) is 10.8 Å². The minimum absolute atomic E-state index is 0.0870. The molecule has 4 rings (SSSR count). The Balaban J connectivity index is 1.60. The number of methoxy groups -OCH3 is 1. The van der Waals surface area contributed by atoms with Gasteiger partial charge in [0, 0.05) is 22.7 Å². The molecule has 4 aromatic rings. The number of rotatable bonds is 7. The van der Waals surface area contributed by atoms with Crippen LogP contribution in [0.15, 0.2) is 89.9 Å². The molecule has 1 aromatic heterocycles. The molecule has 0 saturated heterocycles. The molecule has 0 spiro atoms. The molecule has 0 amide bonds. The highest BCUT2D eigenvalue weighted by Crippen LogP contribution is 2.20. The summed E-state index contributed by atoms with van der Waals surface area (Å²) in [5, 5.41) is 0.986. The number of benzene rings is 3. The lowest BCUT2D eigenvalue weighted by Crippen LogP contribution is -2.22. The second kappa shape index (κ2) is 9.17. The summed E-state index contributed by atoms with van der Waals surface area (Å²) in [6.07, 6.45) is 1.52. The summed E-state index contributed by atoms with van der Waals surface area (Å²) in [4.78, 5) is 25.9. The van der Waals surface area contributed by atoms with E-state index in [2.05, 4.69) is 0 Å². The number of esters is 1. The maximum atomic E-state index is 13.0. The molecular formula is C25H21NO5. The molecule has 6 nitrogen and oxygen atoms in total. The van der Waals surface area contributed by atoms with Crippen molar-refractivity contribution in [2.24, 2.45) is 0 Å². The number of fused-ring (bicyclic) bond motifs is 1. The van der Waals surface area contributed by atoms with Crippen LogP contribution < -0.4 is 15.0 Å². The number of nitrogens with zero attached hydrogens (tertiary/aromatic N) is 1. The molecule has 1 heterocycles. The highest BCUT2D eigenvalue weighted by Gasteiger charge is 2.17. The first-order valence-corrected chi connectivity index (χ1v) is 9.81. The van der Waals surface area contributed by atoms with E-state index in [-0.39, 0.29) is 18.8 Å². The van der Waals surface area contributed by atoms with Crippen molar-refractivity contribution in [1.82, 2.24) is 4.57 Å². The Labute approximate surface area is 179 Å². The molecule has 3 aromatic carbocycles. The van der Waals surface area contributed by atoms with Gasteiger partial charge in [0.15, 0.2) is 0 Å². The summed E-state index contributed by atoms with van der Waals surface area (Å²) in [5.41, 5.74) is 0.716. The molecule has 0 fully saturated rings. The minimum Gasteiger partial charge on any atom is -0.497 e. The topological polar surface area (TPSA) is 66.8 Å². The largest absolute Gasteiger partial charge is 0.497 e. The highest BCUT2D eigenvalue weighted by molar-refractivity contribution is 6.04. The van der Waals surface area contributed by atoms with Gasteiger partial charge in [0.2, 0.25) is 0 Å². The lowest BCUT2D eigenvalue weighted by atomic mass is 10.1. The van der Waals surface area contributed by atoms with E-state index in [1.807, 2.05) is 30.3 Å². The van der Waals surface area contributed by atoms with E-state index in [9.17, 15) is 9.59 Å². The zero-order valence-electron chi connectivity index (χ0n) is 17.0. The van der Waals surface area contributed by atoms with Gasteiger partial charge in [-0.25, -0.2) is 4.79 Å². The van der Waals surface area contributed by atoms with Gasteiger partial charge in [-0.1, -0.05) is 36.4 Å². The van der Waals surface area contributed by atoms with E-state index in [4.69, 9.17) is 14.2 Å². The maximum Gasteiger partial charge on any atom is 0.340 e. The highest BCUT2D eigenvalue weighted by atomic mass is 16.6. The zero-order valence-corrected chi connectivity index (χ0v) is 17.0. The van der Waals surface area contributed by atoms with Crippen molar-refractivity contribution in [2.75, 3.05) is 20.3 Å². The van der Waals surface area contributed by atoms with Crippen LogP contribution in [0, 0.1) is 0 Å². The summed E-state index contributed by atoms with van der Waals surface area (Å²) in [6, 6.07) is 23.3. The minimum atomic E-state index is -0.518. The summed E-state index contributed by atoms with van der Waals surface area (Å²) < 4.78 is 17.6. The van der Waals surface area contributed by atoms with Gasteiger partial charge in [-0.05, 0) is 42.5 Å². The molecule has 0 saturated carbocycles. The predicted octanol–water partition coefficient (Wildman–Crippen LogP) is 4.24. The van der Waals surface area contributed by atoms with Crippen molar-refractivity contribution in [2.45, 2.75) is 0 Å². The molecule has 0 aliphatic rings. The van der Waals surface area contributed by atoms with Gasteiger partial charge in [0.1, 0.15) is 24.7 Å². The Morgan fingerprint density at radius 1 is 0.806 bits per heavy atom. The number of aromatic nitrogens is 1. The second-order valence-electron chi connectivity index (χ2n) is 6.76. The van der Waals surface area contributed by atoms with Crippen LogP contribution in [0.25, 0.3) is 16.5 Å². The lowest BCUT2D eigenvalue weighted by molar-refractivity contribution is 0.0452. The molecule has 0 bridgehead atoms. The summed E-state index contributed by atoms with van der Waals surface area (Å²) in [5.74, 6) is 0.864. The number of carbonyl (C=O) groups is 1. The van der Waals surface area contributed by atoms with Crippen molar-refractivity contribution in [3.8, 4) is 17.2 Å². The van der Waals surface area contributed by atoms with Crippen molar-refractivity contribution in [1.29, 1.82) is 0 Å². The fourth-order valence-electron chi connectivity index (χ4n) is 3.28. The molecule has 156 valence electrons. The standard InChI is InChI=1S/C25H21NO5/c1-29-19-13-11-18(12-14-19)26-17-23(21-9-5-6-10-22(21)24(26)27)25(28)31-16-15-30-20-7-3-2-4-8-20/h2-14,17H,15-16H2,1H3. The van der Waals surface area contributed by atoms with E-state index in [0.717, 1.165) is 0 Å². The van der Waals surface area contributed by atoms with Gasteiger partial charge >= 0.3 is 5.97 Å². The summed E-state index contributed by atoms with van der Waals surface area (Å²) in [6.45, 7) is 0.315. The van der Waals surface area contributed by atoms with E-state index in [1.54, 1.807) is 55.6 Å². The van der Waals surface area contributed by atoms with Crippen LogP contribution in [0.1, 0.15) is 10.4 Å². The smallest absolute Gasteiger partial charge is 0.340 e. The number of carbonyl (C=O) groups excluding carboxylic acids is 1. The van der Waals surface area contributed by atoms with E-state index >= 15 is 0 Å². The molecular weight excluding hydrogens is 394 g/mol. The van der Waals surface area contributed by atoms with Crippen molar-refractivity contribution < 1.29 is 19.0 Å². The third kappa shape index (κ3) is 4.43. The van der Waals surface area contributed by atoms with Crippen molar-refractivity contribution >= 4 is 16.7 Å². The molecule has 0 unspecified atom stereocenters. The molecule has 0 aliphatic heterocycles. The van der Waals surface area contributed by atoms with Crippen LogP contribution in [0.5, 0.6) is 11.5 Å². The molecule has 0 atom stereocenters. The van der Waals surface area contributed by atoms with Crippen LogP contribution in [-0.2, 0) is 4.74 Å². The summed E-state index contributed by atoms with van der Waals surface area (Å²) in [7, 11) is 1.58. The van der Waals surface area contributed by atoms with E-state index < -0.39 is 5.97 Å². The molecule has 0 N–H and O–H groups in total. The zero-order chi connectivity index (χ0) is 21.6. The Morgan fingerprint density at radius 3 is 2.19 bits per heavy atom. The quantitative estimate of drug-likeness (QED) is 0.334. The Kier molecular flexibility index (Phi) is 5.98. The van der Waals surface area contributed by atoms with E-state index in [0.29, 0.717) is 33.5 Å². The predicted molar refractivity (Wildman–Crippen MR) is 118 cm³/mol. The monoisotopic (exact) mass is 415 g/mol. The van der Waals surface area contributed by atoms with Gasteiger partial charge in [-0.15, -0.1) is 0 Å². The average molecular weight is 415 g/mol.